The number of urea groups is 1. The van der Waals surface area contributed by atoms with E-state index in [2.05, 4.69) is 0 Å². The lowest BCUT2D eigenvalue weighted by Gasteiger charge is -2.28. The smallest absolute Gasteiger partial charge is 0.323 e. The van der Waals surface area contributed by atoms with E-state index in [1.165, 1.54) is 4.90 Å². The van der Waals surface area contributed by atoms with Gasteiger partial charge in [0.2, 0.25) is 0 Å². The summed E-state index contributed by atoms with van der Waals surface area (Å²) >= 11 is 0. The molecule has 1 aliphatic rings. The summed E-state index contributed by atoms with van der Waals surface area (Å²) in [6, 6.07) is -0.216. The van der Waals surface area contributed by atoms with Crippen LogP contribution >= 0.6 is 0 Å². The Balaban J connectivity index is 2.61. The molecule has 1 rings (SSSR count). The highest BCUT2D eigenvalue weighted by Gasteiger charge is 2.24. The summed E-state index contributed by atoms with van der Waals surface area (Å²) in [6.45, 7) is 5.64. The molecule has 0 aliphatic carbocycles. The van der Waals surface area contributed by atoms with E-state index in [9.17, 15) is 9.59 Å². The van der Waals surface area contributed by atoms with Crippen LogP contribution in [0.25, 0.3) is 0 Å². The molecule has 0 aromatic heterocycles. The fourth-order valence-electron chi connectivity index (χ4n) is 1.85. The minimum atomic E-state index is -0.987. The molecule has 0 radical (unpaired) electrons. The summed E-state index contributed by atoms with van der Waals surface area (Å²) in [7, 11) is 0. The molecule has 0 saturated carbocycles. The number of nitrogens with zero attached hydrogens (tertiary/aromatic N) is 2. The number of aliphatic carboxylic acids is 1. The third-order valence-corrected chi connectivity index (χ3v) is 2.70. The number of hydrogen-bond acceptors (Lipinski definition) is 3. The molecule has 6 heteroatoms. The van der Waals surface area contributed by atoms with Gasteiger partial charge in [0.05, 0.1) is 6.10 Å². The number of hydrogen-bond donors (Lipinski definition) is 1. The van der Waals surface area contributed by atoms with Crippen molar-refractivity contribution in [3.8, 4) is 0 Å². The molecule has 1 saturated heterocycles. The molecule has 0 spiro atoms. The zero-order valence-corrected chi connectivity index (χ0v) is 10.4. The third-order valence-electron chi connectivity index (χ3n) is 2.70. The second-order valence-corrected chi connectivity index (χ2v) is 4.17. The molecular weight excluding hydrogens is 224 g/mol. The quantitative estimate of drug-likeness (QED) is 0.790. The first kappa shape index (κ1) is 13.8. The SMILES string of the molecule is CCN(CC(=O)O)C(=O)N1CCCOC(C)C1. The Labute approximate surface area is 101 Å². The van der Waals surface area contributed by atoms with Crippen LogP contribution in [0.15, 0.2) is 0 Å². The first-order chi connectivity index (χ1) is 8.04. The molecule has 1 unspecified atom stereocenters. The maximum Gasteiger partial charge on any atom is 0.323 e. The van der Waals surface area contributed by atoms with E-state index in [-0.39, 0.29) is 18.7 Å². The number of amides is 2. The minimum absolute atomic E-state index is 0.00461. The predicted octanol–water partition coefficient (Wildman–Crippen LogP) is 0.624. The molecule has 0 aromatic rings. The fourth-order valence-corrected chi connectivity index (χ4v) is 1.85. The van der Waals surface area contributed by atoms with Crippen LogP contribution in [0, 0.1) is 0 Å². The number of ether oxygens (including phenoxy) is 1. The molecule has 2 amide bonds. The maximum atomic E-state index is 12.1. The Morgan fingerprint density at radius 3 is 2.82 bits per heavy atom. The second kappa shape index (κ2) is 6.44. The second-order valence-electron chi connectivity index (χ2n) is 4.17. The van der Waals surface area contributed by atoms with Crippen LogP contribution in [0.5, 0.6) is 0 Å². The van der Waals surface area contributed by atoms with E-state index in [4.69, 9.17) is 9.84 Å². The summed E-state index contributed by atoms with van der Waals surface area (Å²) in [6.07, 6.45) is 0.797. The van der Waals surface area contributed by atoms with Crippen molar-refractivity contribution in [2.75, 3.05) is 32.8 Å². The molecular formula is C11H20N2O4. The molecule has 1 atom stereocenters. The molecule has 0 bridgehead atoms. The average molecular weight is 244 g/mol. The number of carboxylic acid groups (broad SMARTS) is 1. The summed E-state index contributed by atoms with van der Waals surface area (Å²) in [5.41, 5.74) is 0. The van der Waals surface area contributed by atoms with Crippen molar-refractivity contribution in [2.45, 2.75) is 26.4 Å². The Kier molecular flexibility index (Phi) is 5.21. The molecule has 1 fully saturated rings. The van der Waals surface area contributed by atoms with Gasteiger partial charge in [-0.3, -0.25) is 4.79 Å². The molecule has 0 aromatic carbocycles. The summed E-state index contributed by atoms with van der Waals surface area (Å²) in [5.74, 6) is -0.987. The van der Waals surface area contributed by atoms with Crippen LogP contribution in [-0.2, 0) is 9.53 Å². The van der Waals surface area contributed by atoms with Gasteiger partial charge in [-0.2, -0.15) is 0 Å². The average Bonchev–Trinajstić information content (AvgIpc) is 2.49. The van der Waals surface area contributed by atoms with E-state index in [1.54, 1.807) is 11.8 Å². The van der Waals surface area contributed by atoms with Gasteiger partial charge in [0.15, 0.2) is 0 Å². The van der Waals surface area contributed by atoms with Gasteiger partial charge in [0.1, 0.15) is 6.54 Å². The van der Waals surface area contributed by atoms with Gasteiger partial charge in [-0.25, -0.2) is 4.79 Å². The highest BCUT2D eigenvalue weighted by molar-refractivity contribution is 5.80. The van der Waals surface area contributed by atoms with E-state index in [1.807, 2.05) is 6.92 Å². The highest BCUT2D eigenvalue weighted by Crippen LogP contribution is 2.08. The van der Waals surface area contributed by atoms with E-state index in [0.29, 0.717) is 26.2 Å². The van der Waals surface area contributed by atoms with Crippen molar-refractivity contribution < 1.29 is 19.4 Å². The monoisotopic (exact) mass is 244 g/mol. The fraction of sp³-hybridized carbons (Fsp3) is 0.818. The van der Waals surface area contributed by atoms with Gasteiger partial charge in [0, 0.05) is 26.2 Å². The van der Waals surface area contributed by atoms with Crippen LogP contribution in [0.3, 0.4) is 0 Å². The van der Waals surface area contributed by atoms with Crippen molar-refractivity contribution in [3.05, 3.63) is 0 Å². The van der Waals surface area contributed by atoms with E-state index < -0.39 is 5.97 Å². The van der Waals surface area contributed by atoms with Crippen molar-refractivity contribution in [1.82, 2.24) is 9.80 Å². The van der Waals surface area contributed by atoms with E-state index >= 15 is 0 Å². The highest BCUT2D eigenvalue weighted by atomic mass is 16.5. The van der Waals surface area contributed by atoms with Crippen LogP contribution in [0.2, 0.25) is 0 Å². The third kappa shape index (κ3) is 4.22. The van der Waals surface area contributed by atoms with Gasteiger partial charge in [-0.15, -0.1) is 0 Å². The Morgan fingerprint density at radius 2 is 2.24 bits per heavy atom. The van der Waals surface area contributed by atoms with Crippen molar-refractivity contribution in [1.29, 1.82) is 0 Å². The first-order valence-electron chi connectivity index (χ1n) is 5.91. The van der Waals surface area contributed by atoms with Crippen LogP contribution in [0.4, 0.5) is 4.79 Å². The van der Waals surface area contributed by atoms with Crippen molar-refractivity contribution in [2.24, 2.45) is 0 Å². The van der Waals surface area contributed by atoms with Gasteiger partial charge in [-0.05, 0) is 20.3 Å². The lowest BCUT2D eigenvalue weighted by Crippen LogP contribution is -2.47. The standard InChI is InChI=1S/C11H20N2O4/c1-3-12(8-10(14)15)11(16)13-5-4-6-17-9(2)7-13/h9H,3-8H2,1-2H3,(H,14,15). The predicted molar refractivity (Wildman–Crippen MR) is 61.9 cm³/mol. The lowest BCUT2D eigenvalue weighted by molar-refractivity contribution is -0.137. The Morgan fingerprint density at radius 1 is 1.53 bits per heavy atom. The van der Waals surface area contributed by atoms with Crippen molar-refractivity contribution >= 4 is 12.0 Å². The van der Waals surface area contributed by atoms with Gasteiger partial charge < -0.3 is 19.6 Å². The largest absolute Gasteiger partial charge is 0.480 e. The normalized spacial score (nSPS) is 20.8. The zero-order valence-electron chi connectivity index (χ0n) is 10.4. The zero-order chi connectivity index (χ0) is 12.8. The topological polar surface area (TPSA) is 70.1 Å². The van der Waals surface area contributed by atoms with Gasteiger partial charge in [0.25, 0.3) is 0 Å². The number of rotatable bonds is 3. The van der Waals surface area contributed by atoms with E-state index in [0.717, 1.165) is 6.42 Å². The first-order valence-corrected chi connectivity index (χ1v) is 5.91. The number of carboxylic acids is 1. The Bertz CT molecular complexity index is 283. The van der Waals surface area contributed by atoms with Crippen LogP contribution in [-0.4, -0.2) is 65.8 Å². The molecule has 6 nitrogen and oxygen atoms in total. The van der Waals surface area contributed by atoms with Crippen LogP contribution < -0.4 is 0 Å². The number of carbonyl (C=O) groups excluding carboxylic acids is 1. The minimum Gasteiger partial charge on any atom is -0.480 e. The molecule has 17 heavy (non-hydrogen) atoms. The lowest BCUT2D eigenvalue weighted by atomic mass is 10.3. The molecule has 1 N–H and O–H groups in total. The molecule has 1 aliphatic heterocycles. The summed E-state index contributed by atoms with van der Waals surface area (Å²) in [5, 5.41) is 8.73. The van der Waals surface area contributed by atoms with Gasteiger partial charge >= 0.3 is 12.0 Å². The number of carbonyl (C=O) groups is 2. The maximum absolute atomic E-state index is 12.1. The number of likely N-dealkylation sites (N-methyl/N-ethyl adjacent to an activating group) is 1. The summed E-state index contributed by atoms with van der Waals surface area (Å²) in [4.78, 5) is 25.8. The molecule has 1 heterocycles. The molecule has 98 valence electrons. The van der Waals surface area contributed by atoms with Gasteiger partial charge in [-0.1, -0.05) is 0 Å². The van der Waals surface area contributed by atoms with Crippen LogP contribution in [0.1, 0.15) is 20.3 Å². The Hall–Kier alpha value is -1.30. The summed E-state index contributed by atoms with van der Waals surface area (Å²) < 4.78 is 5.45. The van der Waals surface area contributed by atoms with Crippen molar-refractivity contribution in [3.63, 3.8) is 0 Å².